The summed E-state index contributed by atoms with van der Waals surface area (Å²) in [4.78, 5) is 0. The molecule has 0 aromatic carbocycles. The van der Waals surface area contributed by atoms with Gasteiger partial charge in [0.25, 0.3) is 10.0 Å². The van der Waals surface area contributed by atoms with Crippen molar-refractivity contribution in [2.24, 2.45) is 12.5 Å². The molecule has 3 heterocycles. The van der Waals surface area contributed by atoms with Gasteiger partial charge < -0.3 is 10.1 Å². The van der Waals surface area contributed by atoms with Crippen LogP contribution in [-0.4, -0.2) is 60.9 Å². The number of aromatic nitrogens is 2. The first-order chi connectivity index (χ1) is 13.6. The first-order valence-electron chi connectivity index (χ1n) is 10.0. The van der Waals surface area contributed by atoms with Crippen molar-refractivity contribution in [1.82, 2.24) is 19.4 Å². The summed E-state index contributed by atoms with van der Waals surface area (Å²) >= 11 is 0. The van der Waals surface area contributed by atoms with Gasteiger partial charge in [-0.25, -0.2) is 8.42 Å². The van der Waals surface area contributed by atoms with Gasteiger partial charge in [-0.2, -0.15) is 22.6 Å². The first kappa shape index (κ1) is 21.1. The van der Waals surface area contributed by atoms with Gasteiger partial charge in [0.15, 0.2) is 10.7 Å². The van der Waals surface area contributed by atoms with Gasteiger partial charge in [0.05, 0.1) is 0 Å². The maximum Gasteiger partial charge on any atom is 0.435 e. The fraction of sp³-hybridized carbons (Fsp3) is 0.833. The van der Waals surface area contributed by atoms with E-state index in [0.29, 0.717) is 31.2 Å². The molecule has 0 atom stereocenters. The zero-order valence-corrected chi connectivity index (χ0v) is 17.2. The molecule has 1 aromatic heterocycles. The summed E-state index contributed by atoms with van der Waals surface area (Å²) in [6.45, 7) is 2.26. The number of halogens is 3. The van der Waals surface area contributed by atoms with Crippen LogP contribution in [0, 0.1) is 5.41 Å². The molecule has 1 aromatic rings. The van der Waals surface area contributed by atoms with Crippen molar-refractivity contribution in [2.45, 2.75) is 61.8 Å². The highest BCUT2D eigenvalue weighted by Crippen LogP contribution is 2.50. The van der Waals surface area contributed by atoms with Crippen molar-refractivity contribution in [3.05, 3.63) is 11.8 Å². The van der Waals surface area contributed by atoms with E-state index in [-0.39, 0.29) is 5.41 Å². The van der Waals surface area contributed by atoms with E-state index in [9.17, 15) is 21.6 Å². The summed E-state index contributed by atoms with van der Waals surface area (Å²) < 4.78 is 71.8. The third-order valence-electron chi connectivity index (χ3n) is 6.57. The Labute approximate surface area is 168 Å². The fourth-order valence-electron chi connectivity index (χ4n) is 4.87. The van der Waals surface area contributed by atoms with Gasteiger partial charge in [0.1, 0.15) is 0 Å². The van der Waals surface area contributed by atoms with E-state index in [2.05, 4.69) is 10.4 Å². The Kier molecular flexibility index (Phi) is 5.46. The van der Waals surface area contributed by atoms with E-state index in [1.807, 2.05) is 0 Å². The summed E-state index contributed by atoms with van der Waals surface area (Å²) in [5.74, 6) is 0. The highest BCUT2D eigenvalue weighted by molar-refractivity contribution is 7.89. The third kappa shape index (κ3) is 4.19. The minimum absolute atomic E-state index is 0.151. The normalized spacial score (nSPS) is 24.7. The molecule has 164 valence electrons. The molecule has 1 aliphatic carbocycles. The standard InChI is InChI=1S/C18H27F3N4O3S/c1-24-16(10-15(23-24)18(19,20)21)29(26,27)25-6-4-17(5-7-25)11-14(12-17)22-13-2-8-28-9-3-13/h10,13-14,22H,2-9,11-12H2,1H3. The van der Waals surface area contributed by atoms with Crippen LogP contribution in [-0.2, 0) is 28.0 Å². The maximum atomic E-state index is 12.9. The molecule has 1 spiro atoms. The highest BCUT2D eigenvalue weighted by Gasteiger charge is 2.48. The smallest absolute Gasteiger partial charge is 0.381 e. The third-order valence-corrected chi connectivity index (χ3v) is 8.52. The van der Waals surface area contributed by atoms with Crippen LogP contribution in [0.3, 0.4) is 0 Å². The van der Waals surface area contributed by atoms with Crippen LogP contribution in [0.5, 0.6) is 0 Å². The fourth-order valence-corrected chi connectivity index (χ4v) is 6.44. The predicted molar refractivity (Wildman–Crippen MR) is 98.6 cm³/mol. The van der Waals surface area contributed by atoms with Crippen LogP contribution in [0.2, 0.25) is 0 Å². The summed E-state index contributed by atoms with van der Waals surface area (Å²) in [7, 11) is -2.77. The van der Waals surface area contributed by atoms with Crippen LogP contribution in [0.1, 0.15) is 44.2 Å². The number of rotatable bonds is 4. The number of hydrogen-bond donors (Lipinski definition) is 1. The Morgan fingerprint density at radius 1 is 1.17 bits per heavy atom. The zero-order chi connectivity index (χ0) is 20.9. The molecule has 1 N–H and O–H groups in total. The number of piperidine rings is 1. The quantitative estimate of drug-likeness (QED) is 0.783. The molecule has 0 amide bonds. The molecule has 11 heteroatoms. The zero-order valence-electron chi connectivity index (χ0n) is 16.4. The Bertz CT molecular complexity index is 833. The number of aryl methyl sites for hydroxylation is 1. The number of nitrogens with one attached hydrogen (secondary N) is 1. The van der Waals surface area contributed by atoms with Gasteiger partial charge in [-0.05, 0) is 43.9 Å². The minimum Gasteiger partial charge on any atom is -0.381 e. The predicted octanol–water partition coefficient (Wildman–Crippen LogP) is 2.14. The van der Waals surface area contributed by atoms with Crippen LogP contribution in [0.25, 0.3) is 0 Å². The summed E-state index contributed by atoms with van der Waals surface area (Å²) in [5, 5.41) is 6.61. The van der Waals surface area contributed by atoms with Crippen LogP contribution < -0.4 is 5.32 Å². The van der Waals surface area contributed by atoms with E-state index < -0.39 is 26.9 Å². The number of alkyl halides is 3. The molecular formula is C18H27F3N4O3S. The second-order valence-corrected chi connectivity index (χ2v) is 10.4. The van der Waals surface area contributed by atoms with Crippen molar-refractivity contribution in [3.63, 3.8) is 0 Å². The molecule has 0 unspecified atom stereocenters. The van der Waals surface area contributed by atoms with Crippen molar-refractivity contribution < 1.29 is 26.3 Å². The molecule has 1 saturated carbocycles. The largest absolute Gasteiger partial charge is 0.435 e. The maximum absolute atomic E-state index is 12.9. The van der Waals surface area contributed by atoms with Crippen molar-refractivity contribution in [2.75, 3.05) is 26.3 Å². The number of nitrogens with zero attached hydrogens (tertiary/aromatic N) is 3. The molecule has 0 radical (unpaired) electrons. The van der Waals surface area contributed by atoms with Gasteiger partial charge in [0, 0.05) is 51.5 Å². The van der Waals surface area contributed by atoms with Gasteiger partial charge in [-0.15, -0.1) is 0 Å². The van der Waals surface area contributed by atoms with Crippen LogP contribution in [0.4, 0.5) is 13.2 Å². The van der Waals surface area contributed by atoms with Crippen LogP contribution >= 0.6 is 0 Å². The number of hydrogen-bond acceptors (Lipinski definition) is 5. The Morgan fingerprint density at radius 3 is 2.34 bits per heavy atom. The van der Waals surface area contributed by atoms with E-state index in [0.717, 1.165) is 56.4 Å². The average Bonchev–Trinajstić information content (AvgIpc) is 3.05. The Balaban J connectivity index is 1.34. The van der Waals surface area contributed by atoms with Crippen LogP contribution in [0.15, 0.2) is 11.1 Å². The van der Waals surface area contributed by atoms with Gasteiger partial charge in [-0.3, -0.25) is 4.68 Å². The van der Waals surface area contributed by atoms with E-state index >= 15 is 0 Å². The topological polar surface area (TPSA) is 76.5 Å². The molecule has 3 aliphatic rings. The molecule has 2 saturated heterocycles. The van der Waals surface area contributed by atoms with Gasteiger partial charge >= 0.3 is 6.18 Å². The lowest BCUT2D eigenvalue weighted by Crippen LogP contribution is -2.56. The van der Waals surface area contributed by atoms with E-state index in [4.69, 9.17) is 4.74 Å². The summed E-state index contributed by atoms with van der Waals surface area (Å²) in [6.07, 6.45) is 0.921. The van der Waals surface area contributed by atoms with Crippen molar-refractivity contribution in [1.29, 1.82) is 0 Å². The van der Waals surface area contributed by atoms with Crippen molar-refractivity contribution >= 4 is 10.0 Å². The summed E-state index contributed by atoms with van der Waals surface area (Å²) in [5.41, 5.74) is -1.04. The van der Waals surface area contributed by atoms with Gasteiger partial charge in [0.2, 0.25) is 0 Å². The minimum atomic E-state index is -4.67. The lowest BCUT2D eigenvalue weighted by Gasteiger charge is -2.53. The lowest BCUT2D eigenvalue weighted by molar-refractivity contribution is -0.141. The lowest BCUT2D eigenvalue weighted by atomic mass is 9.60. The Morgan fingerprint density at radius 2 is 1.79 bits per heavy atom. The molecule has 3 fully saturated rings. The van der Waals surface area contributed by atoms with E-state index in [1.165, 1.54) is 11.4 Å². The molecular weight excluding hydrogens is 409 g/mol. The molecule has 29 heavy (non-hydrogen) atoms. The second-order valence-electron chi connectivity index (χ2n) is 8.55. The number of ether oxygens (including phenoxy) is 1. The molecule has 0 bridgehead atoms. The average molecular weight is 437 g/mol. The Hall–Kier alpha value is -1.17. The van der Waals surface area contributed by atoms with Crippen molar-refractivity contribution in [3.8, 4) is 0 Å². The SMILES string of the molecule is Cn1nc(C(F)(F)F)cc1S(=O)(=O)N1CCC2(CC1)CC(NC1CCOCC1)C2. The molecule has 7 nitrogen and oxygen atoms in total. The monoisotopic (exact) mass is 436 g/mol. The van der Waals surface area contributed by atoms with E-state index in [1.54, 1.807) is 0 Å². The highest BCUT2D eigenvalue weighted by atomic mass is 32.2. The first-order valence-corrected chi connectivity index (χ1v) is 11.5. The summed E-state index contributed by atoms with van der Waals surface area (Å²) in [6, 6.07) is 1.59. The molecule has 2 aliphatic heterocycles. The molecule has 4 rings (SSSR count). The number of sulfonamides is 1. The van der Waals surface area contributed by atoms with Gasteiger partial charge in [-0.1, -0.05) is 0 Å². The second kappa shape index (κ2) is 7.51.